The summed E-state index contributed by atoms with van der Waals surface area (Å²) < 4.78 is 0. The number of allylic oxidation sites excluding steroid dienone is 1. The van der Waals surface area contributed by atoms with E-state index in [9.17, 15) is 4.79 Å². The molecule has 20 heavy (non-hydrogen) atoms. The van der Waals surface area contributed by atoms with Crippen LogP contribution in [0.1, 0.15) is 15.9 Å². The lowest BCUT2D eigenvalue weighted by atomic mass is 10.0. The SMILES string of the molecule is C=C/C=c1/c(C(=O)c2c(Cl)cccc2Cl)c[nH]/c1=C/N. The van der Waals surface area contributed by atoms with Crippen molar-refractivity contribution in [2.24, 2.45) is 5.73 Å². The van der Waals surface area contributed by atoms with Crippen molar-refractivity contribution in [3.8, 4) is 0 Å². The summed E-state index contributed by atoms with van der Waals surface area (Å²) in [5.41, 5.74) is 6.24. The molecule has 1 aromatic heterocycles. The van der Waals surface area contributed by atoms with Crippen LogP contribution in [0.2, 0.25) is 10.0 Å². The van der Waals surface area contributed by atoms with Crippen molar-refractivity contribution >= 4 is 41.3 Å². The summed E-state index contributed by atoms with van der Waals surface area (Å²) in [7, 11) is 0. The number of benzene rings is 1. The maximum Gasteiger partial charge on any atom is 0.198 e. The number of hydrogen-bond acceptors (Lipinski definition) is 2. The Kier molecular flexibility index (Phi) is 4.32. The monoisotopic (exact) mass is 306 g/mol. The minimum absolute atomic E-state index is 0.266. The molecule has 3 N–H and O–H groups in total. The molecule has 2 rings (SSSR count). The number of nitrogens with two attached hydrogens (primary N) is 1. The third-order valence-electron chi connectivity index (χ3n) is 2.84. The number of H-pyrrole nitrogens is 1. The number of carbonyl (C=O) groups excluding carboxylic acids is 1. The number of ketones is 1. The molecular weight excluding hydrogens is 295 g/mol. The van der Waals surface area contributed by atoms with Gasteiger partial charge in [-0.3, -0.25) is 4.79 Å². The van der Waals surface area contributed by atoms with Crippen LogP contribution in [0.4, 0.5) is 0 Å². The Morgan fingerprint density at radius 1 is 1.30 bits per heavy atom. The molecule has 2 aromatic rings. The highest BCUT2D eigenvalue weighted by Gasteiger charge is 2.18. The van der Waals surface area contributed by atoms with Crippen LogP contribution in [0, 0.1) is 0 Å². The van der Waals surface area contributed by atoms with E-state index < -0.39 is 0 Å². The molecule has 0 unspecified atom stereocenters. The van der Waals surface area contributed by atoms with Gasteiger partial charge in [-0.05, 0) is 12.1 Å². The van der Waals surface area contributed by atoms with E-state index in [1.54, 1.807) is 36.5 Å². The minimum atomic E-state index is -0.266. The third kappa shape index (κ3) is 2.50. The summed E-state index contributed by atoms with van der Waals surface area (Å²) in [5, 5.41) is 1.91. The average molecular weight is 307 g/mol. The lowest BCUT2D eigenvalue weighted by Gasteiger charge is -2.04. The van der Waals surface area contributed by atoms with Gasteiger partial charge in [0.05, 0.1) is 21.0 Å². The van der Waals surface area contributed by atoms with E-state index >= 15 is 0 Å². The van der Waals surface area contributed by atoms with Crippen molar-refractivity contribution in [1.29, 1.82) is 0 Å². The highest BCUT2D eigenvalue weighted by atomic mass is 35.5. The number of hydrogen-bond donors (Lipinski definition) is 2. The van der Waals surface area contributed by atoms with Crippen LogP contribution in [0.5, 0.6) is 0 Å². The molecule has 102 valence electrons. The number of halogens is 2. The predicted octanol–water partition coefficient (Wildman–Crippen LogP) is 2.22. The Bertz CT molecular complexity index is 770. The molecule has 5 heteroatoms. The van der Waals surface area contributed by atoms with Crippen LogP contribution in [0.3, 0.4) is 0 Å². The second kappa shape index (κ2) is 5.99. The quantitative estimate of drug-likeness (QED) is 0.854. The summed E-state index contributed by atoms with van der Waals surface area (Å²) in [5.74, 6) is -0.266. The van der Waals surface area contributed by atoms with E-state index in [-0.39, 0.29) is 11.3 Å². The van der Waals surface area contributed by atoms with Crippen LogP contribution >= 0.6 is 23.2 Å². The molecule has 0 atom stereocenters. The number of aromatic nitrogens is 1. The molecule has 0 saturated heterocycles. The lowest BCUT2D eigenvalue weighted by Crippen LogP contribution is -2.28. The Labute approximate surface area is 126 Å². The molecule has 0 radical (unpaired) electrons. The fraction of sp³-hybridized carbons (Fsp3) is 0. The third-order valence-corrected chi connectivity index (χ3v) is 3.47. The molecule has 1 heterocycles. The van der Waals surface area contributed by atoms with Crippen molar-refractivity contribution in [2.75, 3.05) is 0 Å². The molecule has 3 nitrogen and oxygen atoms in total. The van der Waals surface area contributed by atoms with Crippen LogP contribution in [-0.2, 0) is 0 Å². The van der Waals surface area contributed by atoms with Crippen molar-refractivity contribution in [1.82, 2.24) is 4.98 Å². The summed E-state index contributed by atoms with van der Waals surface area (Å²) in [6.07, 6.45) is 6.25. The number of carbonyl (C=O) groups is 1. The highest BCUT2D eigenvalue weighted by molar-refractivity contribution is 6.41. The van der Waals surface area contributed by atoms with Gasteiger partial charge in [0, 0.05) is 23.2 Å². The maximum atomic E-state index is 12.6. The molecule has 0 saturated carbocycles. The first kappa shape index (κ1) is 14.4. The molecule has 0 aliphatic carbocycles. The summed E-state index contributed by atoms with van der Waals surface area (Å²) in [6.45, 7) is 3.63. The summed E-state index contributed by atoms with van der Waals surface area (Å²) in [6, 6.07) is 4.94. The average Bonchev–Trinajstić information content (AvgIpc) is 2.81. The largest absolute Gasteiger partial charge is 0.403 e. The zero-order valence-electron chi connectivity index (χ0n) is 10.5. The molecule has 0 aliphatic rings. The zero-order valence-corrected chi connectivity index (χ0v) is 12.0. The van der Waals surface area contributed by atoms with Gasteiger partial charge in [0.1, 0.15) is 0 Å². The van der Waals surface area contributed by atoms with Crippen molar-refractivity contribution in [2.45, 2.75) is 0 Å². The van der Waals surface area contributed by atoms with E-state index in [1.807, 2.05) is 0 Å². The van der Waals surface area contributed by atoms with Gasteiger partial charge in [0.15, 0.2) is 5.78 Å². The highest BCUT2D eigenvalue weighted by Crippen LogP contribution is 2.25. The number of aromatic amines is 1. The second-order valence-electron chi connectivity index (χ2n) is 4.02. The second-order valence-corrected chi connectivity index (χ2v) is 4.84. The van der Waals surface area contributed by atoms with Crippen LogP contribution < -0.4 is 16.3 Å². The molecular formula is C15H12Cl2N2O. The van der Waals surface area contributed by atoms with Gasteiger partial charge >= 0.3 is 0 Å². The molecule has 0 fully saturated rings. The van der Waals surface area contributed by atoms with E-state index in [1.165, 1.54) is 6.20 Å². The van der Waals surface area contributed by atoms with Crippen molar-refractivity contribution < 1.29 is 4.79 Å². The molecule has 0 bridgehead atoms. The topological polar surface area (TPSA) is 58.9 Å². The van der Waals surface area contributed by atoms with E-state index in [2.05, 4.69) is 11.6 Å². The van der Waals surface area contributed by atoms with Gasteiger partial charge in [0.25, 0.3) is 0 Å². The van der Waals surface area contributed by atoms with Gasteiger partial charge in [-0.25, -0.2) is 0 Å². The predicted molar refractivity (Wildman–Crippen MR) is 83.3 cm³/mol. The molecule has 1 aromatic carbocycles. The van der Waals surface area contributed by atoms with Crippen LogP contribution in [-0.4, -0.2) is 10.8 Å². The van der Waals surface area contributed by atoms with Gasteiger partial charge in [-0.15, -0.1) is 0 Å². The first-order valence-electron chi connectivity index (χ1n) is 5.81. The molecule has 0 aliphatic heterocycles. The van der Waals surface area contributed by atoms with E-state index in [0.29, 0.717) is 26.2 Å². The Morgan fingerprint density at radius 3 is 2.50 bits per heavy atom. The first-order valence-corrected chi connectivity index (χ1v) is 6.56. The minimum Gasteiger partial charge on any atom is -0.403 e. The Balaban J connectivity index is 2.70. The fourth-order valence-corrected chi connectivity index (χ4v) is 2.49. The molecule has 0 spiro atoms. The van der Waals surface area contributed by atoms with E-state index in [0.717, 1.165) is 0 Å². The normalized spacial score (nSPS) is 12.7. The van der Waals surface area contributed by atoms with Gasteiger partial charge in [-0.1, -0.05) is 48.0 Å². The Morgan fingerprint density at radius 2 is 1.95 bits per heavy atom. The molecule has 0 amide bonds. The lowest BCUT2D eigenvalue weighted by molar-refractivity contribution is 0.103. The number of rotatable bonds is 3. The van der Waals surface area contributed by atoms with Crippen molar-refractivity contribution in [3.63, 3.8) is 0 Å². The zero-order chi connectivity index (χ0) is 14.7. The van der Waals surface area contributed by atoms with Crippen LogP contribution in [0.25, 0.3) is 12.3 Å². The van der Waals surface area contributed by atoms with E-state index in [4.69, 9.17) is 28.9 Å². The number of nitrogens with one attached hydrogen (secondary N) is 1. The maximum absolute atomic E-state index is 12.6. The van der Waals surface area contributed by atoms with Gasteiger partial charge in [0.2, 0.25) is 0 Å². The Hall–Kier alpha value is -1.97. The van der Waals surface area contributed by atoms with Gasteiger partial charge in [-0.2, -0.15) is 0 Å². The standard InChI is InChI=1S/C15H12Cl2N2O/c1-2-4-9-10(8-19-13(9)7-18)15(20)14-11(16)5-3-6-12(14)17/h2-8,19H,1,18H2/b9-4-,13-7+. The summed E-state index contributed by atoms with van der Waals surface area (Å²) in [4.78, 5) is 15.5. The first-order chi connectivity index (χ1) is 9.60. The fourth-order valence-electron chi connectivity index (χ4n) is 1.92. The smallest absolute Gasteiger partial charge is 0.198 e. The van der Waals surface area contributed by atoms with Crippen LogP contribution in [0.15, 0.2) is 37.1 Å². The summed E-state index contributed by atoms with van der Waals surface area (Å²) >= 11 is 12.1. The van der Waals surface area contributed by atoms with Gasteiger partial charge < -0.3 is 10.7 Å². The van der Waals surface area contributed by atoms with Crippen molar-refractivity contribution in [3.05, 3.63) is 68.8 Å².